The first-order valence-electron chi connectivity index (χ1n) is 9.34. The zero-order chi connectivity index (χ0) is 20.6. The molecule has 2 amide bonds. The smallest absolute Gasteiger partial charge is 0.274 e. The molecular weight excluding hydrogens is 366 g/mol. The van der Waals surface area contributed by atoms with Gasteiger partial charge in [-0.05, 0) is 55.7 Å². The number of nitrogen functional groups attached to an aromatic ring is 1. The second kappa shape index (κ2) is 9.45. The molecule has 0 bridgehead atoms. The molecule has 3 rings (SSSR count). The van der Waals surface area contributed by atoms with E-state index in [2.05, 4.69) is 20.6 Å². The van der Waals surface area contributed by atoms with Gasteiger partial charge in [-0.3, -0.25) is 14.6 Å². The lowest BCUT2D eigenvalue weighted by molar-refractivity contribution is -0.116. The van der Waals surface area contributed by atoms with Crippen LogP contribution < -0.4 is 16.4 Å². The Bertz CT molecular complexity index is 985. The normalized spacial score (nSPS) is 10.4. The number of para-hydroxylation sites is 2. The minimum Gasteiger partial charge on any atom is -0.397 e. The van der Waals surface area contributed by atoms with Crippen LogP contribution >= 0.6 is 0 Å². The molecule has 0 unspecified atom stereocenters. The molecule has 2 heterocycles. The molecule has 4 N–H and O–H groups in total. The summed E-state index contributed by atoms with van der Waals surface area (Å²) >= 11 is 0. The lowest BCUT2D eigenvalue weighted by Gasteiger charge is -2.08. The molecule has 0 aliphatic carbocycles. The Balaban J connectivity index is 1.48. The maximum Gasteiger partial charge on any atom is 0.274 e. The van der Waals surface area contributed by atoms with Crippen molar-refractivity contribution in [2.75, 3.05) is 16.4 Å². The average Bonchev–Trinajstić information content (AvgIpc) is 2.72. The maximum atomic E-state index is 12.3. The van der Waals surface area contributed by atoms with E-state index in [1.54, 1.807) is 36.4 Å². The van der Waals surface area contributed by atoms with Gasteiger partial charge in [-0.2, -0.15) is 0 Å². The number of pyridine rings is 2. The second-order valence-corrected chi connectivity index (χ2v) is 6.68. The third-order valence-corrected chi connectivity index (χ3v) is 4.33. The van der Waals surface area contributed by atoms with Crippen molar-refractivity contribution in [2.24, 2.45) is 0 Å². The van der Waals surface area contributed by atoms with Crippen LogP contribution in [0.4, 0.5) is 17.1 Å². The highest BCUT2D eigenvalue weighted by Crippen LogP contribution is 2.18. The van der Waals surface area contributed by atoms with E-state index in [1.165, 1.54) is 6.20 Å². The van der Waals surface area contributed by atoms with E-state index in [1.807, 2.05) is 25.3 Å². The number of aromatic nitrogens is 2. The van der Waals surface area contributed by atoms with Gasteiger partial charge in [-0.25, -0.2) is 4.98 Å². The fourth-order valence-electron chi connectivity index (χ4n) is 2.72. The Morgan fingerprint density at radius 2 is 1.79 bits per heavy atom. The number of rotatable bonds is 7. The van der Waals surface area contributed by atoms with Crippen LogP contribution in [0.25, 0.3) is 0 Å². The van der Waals surface area contributed by atoms with Gasteiger partial charge < -0.3 is 16.4 Å². The third kappa shape index (κ3) is 5.87. The van der Waals surface area contributed by atoms with Crippen LogP contribution in [0.5, 0.6) is 0 Å². The molecule has 7 heteroatoms. The number of nitrogens with zero attached hydrogens (tertiary/aromatic N) is 2. The molecule has 3 aromatic rings. The van der Waals surface area contributed by atoms with E-state index in [0.717, 1.165) is 24.1 Å². The van der Waals surface area contributed by atoms with Crippen molar-refractivity contribution in [3.8, 4) is 0 Å². The zero-order valence-corrected chi connectivity index (χ0v) is 16.2. The minimum absolute atomic E-state index is 0.0962. The minimum atomic E-state index is -0.368. The summed E-state index contributed by atoms with van der Waals surface area (Å²) in [5.74, 6) is -0.464. The molecule has 7 nitrogen and oxygen atoms in total. The maximum absolute atomic E-state index is 12.3. The first kappa shape index (κ1) is 20.0. The number of nitrogens with two attached hydrogens (primary N) is 1. The van der Waals surface area contributed by atoms with Crippen LogP contribution in [0.1, 0.15) is 34.6 Å². The van der Waals surface area contributed by atoms with Crippen molar-refractivity contribution < 1.29 is 9.59 Å². The summed E-state index contributed by atoms with van der Waals surface area (Å²) in [7, 11) is 0. The predicted octanol–water partition coefficient (Wildman–Crippen LogP) is 3.58. The quantitative estimate of drug-likeness (QED) is 0.535. The molecule has 0 aliphatic rings. The highest BCUT2D eigenvalue weighted by atomic mass is 16.2. The van der Waals surface area contributed by atoms with Crippen LogP contribution in [-0.2, 0) is 11.2 Å². The summed E-state index contributed by atoms with van der Waals surface area (Å²) in [5.41, 5.74) is 9.69. The fourth-order valence-corrected chi connectivity index (χ4v) is 2.72. The molecule has 0 spiro atoms. The number of nitrogens with one attached hydrogen (secondary N) is 2. The number of carbonyl (C=O) groups excluding carboxylic acids is 2. The van der Waals surface area contributed by atoms with Gasteiger partial charge >= 0.3 is 0 Å². The Morgan fingerprint density at radius 1 is 0.966 bits per heavy atom. The summed E-state index contributed by atoms with van der Waals surface area (Å²) in [6, 6.07) is 14.2. The van der Waals surface area contributed by atoms with E-state index in [9.17, 15) is 9.59 Å². The first-order valence-corrected chi connectivity index (χ1v) is 9.34. The molecular formula is C22H23N5O2. The molecule has 1 aromatic carbocycles. The summed E-state index contributed by atoms with van der Waals surface area (Å²) in [4.78, 5) is 32.7. The van der Waals surface area contributed by atoms with Crippen molar-refractivity contribution in [3.05, 3.63) is 77.9 Å². The molecule has 2 aromatic heterocycles. The Morgan fingerprint density at radius 3 is 2.48 bits per heavy atom. The van der Waals surface area contributed by atoms with Gasteiger partial charge in [0.2, 0.25) is 5.91 Å². The van der Waals surface area contributed by atoms with Crippen LogP contribution in [0.2, 0.25) is 0 Å². The Kier molecular flexibility index (Phi) is 6.52. The highest BCUT2D eigenvalue weighted by Gasteiger charge is 2.10. The third-order valence-electron chi connectivity index (χ3n) is 4.33. The lowest BCUT2D eigenvalue weighted by atomic mass is 10.1. The van der Waals surface area contributed by atoms with E-state index in [0.29, 0.717) is 23.5 Å². The average molecular weight is 389 g/mol. The van der Waals surface area contributed by atoms with Crippen molar-refractivity contribution in [1.29, 1.82) is 0 Å². The lowest BCUT2D eigenvalue weighted by Crippen LogP contribution is -2.16. The van der Waals surface area contributed by atoms with Crippen molar-refractivity contribution in [3.63, 3.8) is 0 Å². The number of benzene rings is 1. The van der Waals surface area contributed by atoms with Crippen molar-refractivity contribution >= 4 is 28.9 Å². The second-order valence-electron chi connectivity index (χ2n) is 6.68. The van der Waals surface area contributed by atoms with E-state index in [4.69, 9.17) is 5.73 Å². The van der Waals surface area contributed by atoms with E-state index >= 15 is 0 Å². The number of amides is 2. The molecule has 0 aliphatic heterocycles. The largest absolute Gasteiger partial charge is 0.397 e. The van der Waals surface area contributed by atoms with Gasteiger partial charge in [0.05, 0.1) is 23.3 Å². The molecule has 0 radical (unpaired) electrons. The summed E-state index contributed by atoms with van der Waals surface area (Å²) in [5, 5.41) is 5.51. The highest BCUT2D eigenvalue weighted by molar-refractivity contribution is 6.04. The Hall–Kier alpha value is -3.74. The molecule has 0 saturated heterocycles. The number of hydrogen-bond acceptors (Lipinski definition) is 5. The van der Waals surface area contributed by atoms with Crippen LogP contribution in [0, 0.1) is 6.92 Å². The van der Waals surface area contributed by atoms with Gasteiger partial charge in [-0.15, -0.1) is 0 Å². The van der Waals surface area contributed by atoms with Gasteiger partial charge in [0.25, 0.3) is 5.91 Å². The molecule has 0 saturated carbocycles. The van der Waals surface area contributed by atoms with Gasteiger partial charge in [0.1, 0.15) is 5.69 Å². The first-order chi connectivity index (χ1) is 14.0. The summed E-state index contributed by atoms with van der Waals surface area (Å²) in [6.45, 7) is 1.94. The molecule has 0 atom stereocenters. The number of hydrogen-bond donors (Lipinski definition) is 3. The van der Waals surface area contributed by atoms with E-state index < -0.39 is 0 Å². The van der Waals surface area contributed by atoms with Crippen LogP contribution in [0.15, 0.2) is 60.9 Å². The van der Waals surface area contributed by atoms with Crippen LogP contribution in [-0.4, -0.2) is 21.8 Å². The topological polar surface area (TPSA) is 110 Å². The fraction of sp³-hybridized carbons (Fsp3) is 0.182. The molecule has 148 valence electrons. The summed E-state index contributed by atoms with van der Waals surface area (Å²) < 4.78 is 0. The standard InChI is InChI=1S/C22H23N5O2/c1-15-9-10-16(13-24-15)5-4-8-21(28)26-17-11-12-20(25-14-17)22(29)27-19-7-3-2-6-18(19)23/h2-3,6-7,9-14H,4-5,8,23H2,1H3,(H,26,28)(H,27,29). The molecule has 0 fully saturated rings. The predicted molar refractivity (Wildman–Crippen MR) is 114 cm³/mol. The van der Waals surface area contributed by atoms with Gasteiger partial charge in [0.15, 0.2) is 0 Å². The van der Waals surface area contributed by atoms with Crippen molar-refractivity contribution in [1.82, 2.24) is 9.97 Å². The van der Waals surface area contributed by atoms with Gasteiger partial charge in [-0.1, -0.05) is 18.2 Å². The number of anilines is 3. The van der Waals surface area contributed by atoms with Crippen LogP contribution in [0.3, 0.4) is 0 Å². The van der Waals surface area contributed by atoms with Crippen molar-refractivity contribution in [2.45, 2.75) is 26.2 Å². The Labute approximate surface area is 169 Å². The number of carbonyl (C=O) groups is 2. The summed E-state index contributed by atoms with van der Waals surface area (Å²) in [6.07, 6.45) is 5.21. The number of aryl methyl sites for hydroxylation is 2. The molecule has 29 heavy (non-hydrogen) atoms. The SMILES string of the molecule is Cc1ccc(CCCC(=O)Nc2ccc(C(=O)Nc3ccccc3N)nc2)cn1. The van der Waals surface area contributed by atoms with Gasteiger partial charge in [0, 0.05) is 18.3 Å². The monoisotopic (exact) mass is 389 g/mol. The zero-order valence-electron chi connectivity index (χ0n) is 16.2. The van der Waals surface area contributed by atoms with E-state index in [-0.39, 0.29) is 17.5 Å².